The van der Waals surface area contributed by atoms with E-state index in [1.165, 1.54) is 18.2 Å². The molecule has 5 heteroatoms. The fourth-order valence-electron chi connectivity index (χ4n) is 1.48. The Balaban J connectivity index is 3.39. The highest BCUT2D eigenvalue weighted by molar-refractivity contribution is 5.98. The summed E-state index contributed by atoms with van der Waals surface area (Å²) in [6, 6.07) is 5.99. The van der Waals surface area contributed by atoms with Crippen molar-refractivity contribution in [3.63, 3.8) is 0 Å². The Morgan fingerprint density at radius 2 is 2.12 bits per heavy atom. The molecule has 0 amide bonds. The molecule has 1 atom stereocenters. The van der Waals surface area contributed by atoms with E-state index < -0.39 is 12.1 Å². The Labute approximate surface area is 97.9 Å². The molecule has 0 aliphatic heterocycles. The molecule has 0 fully saturated rings. The molecule has 0 saturated carbocycles. The van der Waals surface area contributed by atoms with Crippen LogP contribution in [-0.4, -0.2) is 22.0 Å². The lowest BCUT2D eigenvalue weighted by Crippen LogP contribution is -2.14. The molecule has 0 radical (unpaired) electrons. The van der Waals surface area contributed by atoms with Gasteiger partial charge in [0.25, 0.3) is 0 Å². The van der Waals surface area contributed by atoms with Crippen LogP contribution in [0, 0.1) is 11.3 Å². The molecule has 0 aliphatic carbocycles. The number of carbonyl (C=O) groups excluding carboxylic acids is 1. The van der Waals surface area contributed by atoms with E-state index in [9.17, 15) is 14.7 Å². The maximum absolute atomic E-state index is 11.6. The number of carboxylic acid groups (broad SMARTS) is 1. The van der Waals surface area contributed by atoms with E-state index in [4.69, 9.17) is 10.4 Å². The van der Waals surface area contributed by atoms with Gasteiger partial charge >= 0.3 is 5.97 Å². The minimum absolute atomic E-state index is 0.0562. The number of carboxylic acids is 1. The second-order valence-electron chi connectivity index (χ2n) is 3.40. The van der Waals surface area contributed by atoms with Crippen molar-refractivity contribution in [1.82, 2.24) is 0 Å². The summed E-state index contributed by atoms with van der Waals surface area (Å²) in [5, 5.41) is 27.1. The predicted molar refractivity (Wildman–Crippen MR) is 58.4 cm³/mol. The lowest BCUT2D eigenvalue weighted by atomic mass is 9.95. The molecule has 0 aromatic heterocycles. The lowest BCUT2D eigenvalue weighted by molar-refractivity contribution is -0.146. The Kier molecular flexibility index (Phi) is 3.96. The molecule has 1 aromatic rings. The van der Waals surface area contributed by atoms with Gasteiger partial charge in [-0.15, -0.1) is 0 Å². The van der Waals surface area contributed by atoms with E-state index in [1.54, 1.807) is 13.0 Å². The largest absolute Gasteiger partial charge is 0.479 e. The minimum atomic E-state index is -1.80. The van der Waals surface area contributed by atoms with Gasteiger partial charge in [-0.1, -0.05) is 25.1 Å². The summed E-state index contributed by atoms with van der Waals surface area (Å²) in [5.74, 6) is -1.72. The Morgan fingerprint density at radius 3 is 2.59 bits per heavy atom. The Hall–Kier alpha value is -2.19. The van der Waals surface area contributed by atoms with Gasteiger partial charge in [0.2, 0.25) is 0 Å². The van der Waals surface area contributed by atoms with Crippen LogP contribution in [-0.2, 0) is 4.79 Å². The summed E-state index contributed by atoms with van der Waals surface area (Å²) in [6.07, 6.45) is -1.59. The van der Waals surface area contributed by atoms with Gasteiger partial charge in [-0.2, -0.15) is 5.26 Å². The van der Waals surface area contributed by atoms with E-state index in [0.29, 0.717) is 0 Å². The number of Topliss-reactive ketones (excluding diaryl/α,β-unsaturated/α-hetero) is 1. The predicted octanol–water partition coefficient (Wildman–Crippen LogP) is 1.27. The summed E-state index contributed by atoms with van der Waals surface area (Å²) in [6.45, 7) is 1.64. The van der Waals surface area contributed by atoms with Gasteiger partial charge < -0.3 is 10.2 Å². The molecular formula is C12H11NO4. The number of aliphatic hydroxyl groups is 1. The van der Waals surface area contributed by atoms with E-state index >= 15 is 0 Å². The van der Waals surface area contributed by atoms with Crippen molar-refractivity contribution in [3.05, 3.63) is 34.9 Å². The average molecular weight is 233 g/mol. The zero-order valence-electron chi connectivity index (χ0n) is 9.17. The maximum Gasteiger partial charge on any atom is 0.337 e. The molecule has 2 N–H and O–H groups in total. The van der Waals surface area contributed by atoms with Gasteiger partial charge in [-0.3, -0.25) is 4.79 Å². The first kappa shape index (κ1) is 12.9. The van der Waals surface area contributed by atoms with Crippen molar-refractivity contribution < 1.29 is 19.8 Å². The van der Waals surface area contributed by atoms with Crippen LogP contribution in [0.5, 0.6) is 0 Å². The average Bonchev–Trinajstić information content (AvgIpc) is 2.35. The first-order valence-electron chi connectivity index (χ1n) is 5.00. The molecular weight excluding hydrogens is 222 g/mol. The fraction of sp³-hybridized carbons (Fsp3) is 0.250. The normalized spacial score (nSPS) is 11.6. The SMILES string of the molecule is CCC(=O)c1cccc(C(O)C(=O)O)c1C#N. The van der Waals surface area contributed by atoms with Crippen molar-refractivity contribution in [3.8, 4) is 6.07 Å². The second-order valence-corrected chi connectivity index (χ2v) is 3.40. The number of ketones is 1. The maximum atomic E-state index is 11.6. The topological polar surface area (TPSA) is 98.4 Å². The number of hydrogen-bond acceptors (Lipinski definition) is 4. The van der Waals surface area contributed by atoms with Crippen molar-refractivity contribution in [2.45, 2.75) is 19.4 Å². The number of nitriles is 1. The smallest absolute Gasteiger partial charge is 0.337 e. The van der Waals surface area contributed by atoms with Gasteiger partial charge in [0.05, 0.1) is 5.56 Å². The number of aliphatic hydroxyl groups excluding tert-OH is 1. The second kappa shape index (κ2) is 5.23. The van der Waals surface area contributed by atoms with Crippen LogP contribution in [0.4, 0.5) is 0 Å². The monoisotopic (exact) mass is 233 g/mol. The number of benzene rings is 1. The van der Waals surface area contributed by atoms with Crippen LogP contribution < -0.4 is 0 Å². The minimum Gasteiger partial charge on any atom is -0.479 e. The summed E-state index contributed by atoms with van der Waals surface area (Å²) in [5.41, 5.74) is 0.0151. The van der Waals surface area contributed by atoms with Gasteiger partial charge in [0.15, 0.2) is 11.9 Å². The summed E-state index contributed by atoms with van der Waals surface area (Å²) >= 11 is 0. The summed E-state index contributed by atoms with van der Waals surface area (Å²) in [7, 11) is 0. The quantitative estimate of drug-likeness (QED) is 0.763. The third-order valence-electron chi connectivity index (χ3n) is 2.36. The van der Waals surface area contributed by atoms with Crippen molar-refractivity contribution in [2.24, 2.45) is 0 Å². The highest BCUT2D eigenvalue weighted by Gasteiger charge is 2.22. The number of rotatable bonds is 4. The van der Waals surface area contributed by atoms with Gasteiger partial charge in [-0.25, -0.2) is 4.79 Å². The fourth-order valence-corrected chi connectivity index (χ4v) is 1.48. The molecule has 5 nitrogen and oxygen atoms in total. The van der Waals surface area contributed by atoms with Crippen LogP contribution in [0.2, 0.25) is 0 Å². The third kappa shape index (κ3) is 2.49. The van der Waals surface area contributed by atoms with Gasteiger partial charge in [0.1, 0.15) is 6.07 Å². The summed E-state index contributed by atoms with van der Waals surface area (Å²) < 4.78 is 0. The molecule has 17 heavy (non-hydrogen) atoms. The lowest BCUT2D eigenvalue weighted by Gasteiger charge is -2.10. The number of carbonyl (C=O) groups is 2. The van der Waals surface area contributed by atoms with E-state index in [-0.39, 0.29) is 28.9 Å². The zero-order valence-corrected chi connectivity index (χ0v) is 9.17. The number of hydrogen-bond donors (Lipinski definition) is 2. The van der Waals surface area contributed by atoms with Gasteiger partial charge in [-0.05, 0) is 0 Å². The van der Waals surface area contributed by atoms with E-state index in [0.717, 1.165) is 0 Å². The Morgan fingerprint density at radius 1 is 1.47 bits per heavy atom. The van der Waals surface area contributed by atoms with E-state index in [1.807, 2.05) is 0 Å². The van der Waals surface area contributed by atoms with Crippen molar-refractivity contribution in [2.75, 3.05) is 0 Å². The molecule has 88 valence electrons. The van der Waals surface area contributed by atoms with Crippen molar-refractivity contribution in [1.29, 1.82) is 5.26 Å². The van der Waals surface area contributed by atoms with Crippen LogP contribution in [0.15, 0.2) is 18.2 Å². The molecule has 1 aromatic carbocycles. The number of aliphatic carboxylic acids is 1. The number of nitrogens with zero attached hydrogens (tertiary/aromatic N) is 1. The Bertz CT molecular complexity index is 502. The molecule has 0 spiro atoms. The molecule has 0 saturated heterocycles. The highest BCUT2D eigenvalue weighted by Crippen LogP contribution is 2.22. The van der Waals surface area contributed by atoms with Gasteiger partial charge in [0, 0.05) is 17.5 Å². The van der Waals surface area contributed by atoms with E-state index in [2.05, 4.69) is 0 Å². The highest BCUT2D eigenvalue weighted by atomic mass is 16.4. The van der Waals surface area contributed by atoms with Crippen LogP contribution in [0.3, 0.4) is 0 Å². The standard InChI is InChI=1S/C12H11NO4/c1-2-10(14)7-4-3-5-8(9(7)6-13)11(15)12(16)17/h3-5,11,15H,2H2,1H3,(H,16,17). The third-order valence-corrected chi connectivity index (χ3v) is 2.36. The molecule has 0 heterocycles. The first-order chi connectivity index (χ1) is 8.02. The molecule has 0 aliphatic rings. The molecule has 1 unspecified atom stereocenters. The van der Waals surface area contributed by atoms with Crippen LogP contribution in [0.1, 0.15) is 40.9 Å². The van der Waals surface area contributed by atoms with Crippen molar-refractivity contribution >= 4 is 11.8 Å². The van der Waals surface area contributed by atoms with Crippen LogP contribution in [0.25, 0.3) is 0 Å². The molecule has 0 bridgehead atoms. The molecule has 1 rings (SSSR count). The van der Waals surface area contributed by atoms with Crippen LogP contribution >= 0.6 is 0 Å². The summed E-state index contributed by atoms with van der Waals surface area (Å²) in [4.78, 5) is 22.2. The first-order valence-corrected chi connectivity index (χ1v) is 5.00. The zero-order chi connectivity index (χ0) is 13.0.